The van der Waals surface area contributed by atoms with Crippen LogP contribution in [0.5, 0.6) is 0 Å². The van der Waals surface area contributed by atoms with E-state index in [-0.39, 0.29) is 30.1 Å². The zero-order chi connectivity index (χ0) is 26.6. The van der Waals surface area contributed by atoms with E-state index in [0.29, 0.717) is 32.7 Å². The highest BCUT2D eigenvalue weighted by molar-refractivity contribution is 6.38. The number of methoxy groups -OCH3 is 2. The van der Waals surface area contributed by atoms with Gasteiger partial charge in [0, 0.05) is 42.2 Å². The van der Waals surface area contributed by atoms with E-state index in [1.807, 2.05) is 0 Å². The van der Waals surface area contributed by atoms with Gasteiger partial charge in [0.15, 0.2) is 5.60 Å². The summed E-state index contributed by atoms with van der Waals surface area (Å²) in [6.45, 7) is 1.64. The molecule has 11 heteroatoms. The standard InChI is InChI=1S/C25H23Cl2F3N2O4/c1-13-7-14(25(28,29)30)8-20-17(13)9-15(31(20)2)10-18-19(26)6-5-16(21(18)27)22(33)32-11-24(12-32,36-4)23(34)35-3/h5-9H,10-12H2,1-4H3. The van der Waals surface area contributed by atoms with E-state index < -0.39 is 29.2 Å². The van der Waals surface area contributed by atoms with Crippen LogP contribution in [0.3, 0.4) is 0 Å². The Bertz CT molecular complexity index is 1380. The normalized spacial score (nSPS) is 15.2. The minimum atomic E-state index is -4.46. The Balaban J connectivity index is 1.66. The average Bonchev–Trinajstić information content (AvgIpc) is 3.11. The Labute approximate surface area is 215 Å². The number of ether oxygens (including phenoxy) is 2. The molecule has 4 rings (SSSR count). The third kappa shape index (κ3) is 4.33. The number of hydrogen-bond acceptors (Lipinski definition) is 4. The number of fused-ring (bicyclic) bond motifs is 1. The van der Waals surface area contributed by atoms with Gasteiger partial charge in [-0.15, -0.1) is 0 Å². The molecule has 3 aromatic rings. The fourth-order valence-electron chi connectivity index (χ4n) is 4.51. The first-order chi connectivity index (χ1) is 16.8. The topological polar surface area (TPSA) is 60.8 Å². The molecule has 1 aliphatic heterocycles. The van der Waals surface area contributed by atoms with E-state index in [2.05, 4.69) is 0 Å². The van der Waals surface area contributed by atoms with Crippen LogP contribution in [-0.4, -0.2) is 54.3 Å². The lowest BCUT2D eigenvalue weighted by molar-refractivity contribution is -0.183. The lowest BCUT2D eigenvalue weighted by Crippen LogP contribution is -2.68. The number of halogens is 5. The number of alkyl halides is 3. The van der Waals surface area contributed by atoms with Crippen LogP contribution in [-0.2, 0) is 33.9 Å². The summed E-state index contributed by atoms with van der Waals surface area (Å²) >= 11 is 13.1. The molecule has 0 unspecified atom stereocenters. The largest absolute Gasteiger partial charge is 0.467 e. The van der Waals surface area contributed by atoms with Crippen LogP contribution in [0.15, 0.2) is 30.3 Å². The van der Waals surface area contributed by atoms with Crippen molar-refractivity contribution in [1.82, 2.24) is 9.47 Å². The zero-order valence-electron chi connectivity index (χ0n) is 19.9. The number of carbonyl (C=O) groups excluding carboxylic acids is 2. The highest BCUT2D eigenvalue weighted by atomic mass is 35.5. The molecule has 0 aliphatic carbocycles. The van der Waals surface area contributed by atoms with Crippen LogP contribution in [0, 0.1) is 6.92 Å². The van der Waals surface area contributed by atoms with Crippen molar-refractivity contribution in [2.45, 2.75) is 25.1 Å². The maximum absolute atomic E-state index is 13.3. The molecule has 1 amide bonds. The van der Waals surface area contributed by atoms with Crippen LogP contribution in [0.25, 0.3) is 10.9 Å². The molecular formula is C25H23Cl2F3N2O4. The van der Waals surface area contributed by atoms with Crippen molar-refractivity contribution in [3.63, 3.8) is 0 Å². The zero-order valence-corrected chi connectivity index (χ0v) is 21.4. The number of carbonyl (C=O) groups is 2. The molecule has 1 aliphatic rings. The molecule has 1 aromatic heterocycles. The molecule has 0 saturated carbocycles. The number of esters is 1. The molecule has 36 heavy (non-hydrogen) atoms. The van der Waals surface area contributed by atoms with Gasteiger partial charge in [0.05, 0.1) is 36.3 Å². The third-order valence-corrected chi connectivity index (χ3v) is 7.48. The Morgan fingerprint density at radius 2 is 1.78 bits per heavy atom. The minimum Gasteiger partial charge on any atom is -0.467 e. The Hall–Kier alpha value is -2.75. The molecule has 0 N–H and O–H groups in total. The number of benzene rings is 2. The van der Waals surface area contributed by atoms with Crippen LogP contribution >= 0.6 is 23.2 Å². The monoisotopic (exact) mass is 542 g/mol. The first-order valence-corrected chi connectivity index (χ1v) is 11.6. The van der Waals surface area contributed by atoms with Gasteiger partial charge < -0.3 is 18.9 Å². The molecule has 0 spiro atoms. The van der Waals surface area contributed by atoms with Crippen molar-refractivity contribution >= 4 is 46.0 Å². The van der Waals surface area contributed by atoms with Crippen molar-refractivity contribution in [3.8, 4) is 0 Å². The maximum atomic E-state index is 13.3. The first kappa shape index (κ1) is 26.3. The van der Waals surface area contributed by atoms with Crippen molar-refractivity contribution in [1.29, 1.82) is 0 Å². The summed E-state index contributed by atoms with van der Waals surface area (Å²) in [6.07, 6.45) is -4.27. The quantitative estimate of drug-likeness (QED) is 0.404. The summed E-state index contributed by atoms with van der Waals surface area (Å²) in [6, 6.07) is 7.08. The number of nitrogens with zero attached hydrogens (tertiary/aromatic N) is 2. The van der Waals surface area contributed by atoms with E-state index in [9.17, 15) is 22.8 Å². The van der Waals surface area contributed by atoms with Crippen LogP contribution in [0.1, 0.15) is 32.7 Å². The number of hydrogen-bond donors (Lipinski definition) is 0. The van der Waals surface area contributed by atoms with Crippen molar-refractivity contribution in [3.05, 3.63) is 68.3 Å². The summed E-state index contributed by atoms with van der Waals surface area (Å²) < 4.78 is 51.7. The molecule has 2 heterocycles. The van der Waals surface area contributed by atoms with Gasteiger partial charge in [-0.25, -0.2) is 4.79 Å². The van der Waals surface area contributed by atoms with Gasteiger partial charge in [-0.05, 0) is 48.4 Å². The molecule has 0 radical (unpaired) electrons. The third-order valence-electron chi connectivity index (χ3n) is 6.70. The fraction of sp³-hybridized carbons (Fsp3) is 0.360. The molecule has 192 valence electrons. The minimum absolute atomic E-state index is 0.00725. The summed E-state index contributed by atoms with van der Waals surface area (Å²) in [5, 5.41) is 1.14. The van der Waals surface area contributed by atoms with Gasteiger partial charge in [-0.2, -0.15) is 13.2 Å². The summed E-state index contributed by atoms with van der Waals surface area (Å²) in [5.41, 5.74) is 0.313. The molecule has 0 bridgehead atoms. The van der Waals surface area contributed by atoms with Gasteiger partial charge in [-0.3, -0.25) is 4.79 Å². The molecule has 1 fully saturated rings. The van der Waals surface area contributed by atoms with E-state index in [1.165, 1.54) is 25.2 Å². The summed E-state index contributed by atoms with van der Waals surface area (Å²) in [5.74, 6) is -0.978. The van der Waals surface area contributed by atoms with Gasteiger partial charge in [-0.1, -0.05) is 23.2 Å². The average molecular weight is 543 g/mol. The summed E-state index contributed by atoms with van der Waals surface area (Å²) in [4.78, 5) is 26.6. The lowest BCUT2D eigenvalue weighted by atomic mass is 9.92. The number of aryl methyl sites for hydroxylation is 2. The molecule has 0 atom stereocenters. The number of amides is 1. The highest BCUT2D eigenvalue weighted by Gasteiger charge is 2.53. The predicted molar refractivity (Wildman–Crippen MR) is 130 cm³/mol. The van der Waals surface area contributed by atoms with Gasteiger partial charge in [0.2, 0.25) is 0 Å². The van der Waals surface area contributed by atoms with Crippen molar-refractivity contribution in [2.75, 3.05) is 27.3 Å². The maximum Gasteiger partial charge on any atom is 0.416 e. The van der Waals surface area contributed by atoms with Crippen LogP contribution < -0.4 is 0 Å². The molecule has 2 aromatic carbocycles. The Morgan fingerprint density at radius 1 is 1.11 bits per heavy atom. The van der Waals surface area contributed by atoms with Gasteiger partial charge in [0.1, 0.15) is 0 Å². The molecule has 1 saturated heterocycles. The van der Waals surface area contributed by atoms with E-state index in [0.717, 1.165) is 12.1 Å². The number of rotatable bonds is 5. The number of aromatic nitrogens is 1. The summed E-state index contributed by atoms with van der Waals surface area (Å²) in [7, 11) is 4.29. The lowest BCUT2D eigenvalue weighted by Gasteiger charge is -2.46. The Morgan fingerprint density at radius 3 is 2.36 bits per heavy atom. The van der Waals surface area contributed by atoms with Crippen molar-refractivity contribution < 1.29 is 32.2 Å². The van der Waals surface area contributed by atoms with E-state index in [1.54, 1.807) is 30.7 Å². The second-order valence-electron chi connectivity index (χ2n) is 8.83. The second-order valence-corrected chi connectivity index (χ2v) is 9.62. The molecule has 6 nitrogen and oxygen atoms in total. The van der Waals surface area contributed by atoms with Gasteiger partial charge >= 0.3 is 12.1 Å². The van der Waals surface area contributed by atoms with Gasteiger partial charge in [0.25, 0.3) is 5.91 Å². The first-order valence-electron chi connectivity index (χ1n) is 10.9. The number of likely N-dealkylation sites (tertiary alicyclic amines) is 1. The van der Waals surface area contributed by atoms with Crippen LogP contribution in [0.2, 0.25) is 10.0 Å². The van der Waals surface area contributed by atoms with E-state index >= 15 is 0 Å². The van der Waals surface area contributed by atoms with Crippen LogP contribution in [0.4, 0.5) is 13.2 Å². The predicted octanol–water partition coefficient (Wildman–Crippen LogP) is 5.42. The molecular weight excluding hydrogens is 520 g/mol. The highest BCUT2D eigenvalue weighted by Crippen LogP contribution is 2.37. The SMILES string of the molecule is COC(=O)C1(OC)CN(C(=O)c2ccc(Cl)c(Cc3cc4c(C)cc(C(F)(F)F)cc4n3C)c2Cl)C1. The fourth-order valence-corrected chi connectivity index (χ4v) is 5.10. The van der Waals surface area contributed by atoms with E-state index in [4.69, 9.17) is 32.7 Å². The second kappa shape index (κ2) is 9.28. The smallest absolute Gasteiger partial charge is 0.416 e. The van der Waals surface area contributed by atoms with Crippen molar-refractivity contribution in [2.24, 2.45) is 7.05 Å². The Kier molecular flexibility index (Phi) is 6.79.